The lowest BCUT2D eigenvalue weighted by Gasteiger charge is -1.97. The van der Waals surface area contributed by atoms with Gasteiger partial charge in [0.15, 0.2) is 11.5 Å². The lowest BCUT2D eigenvalue weighted by molar-refractivity contribution is 0.101. The van der Waals surface area contributed by atoms with Crippen LogP contribution in [0.4, 0.5) is 0 Å². The number of sulfone groups is 1. The van der Waals surface area contributed by atoms with Gasteiger partial charge < -0.3 is 8.83 Å². The Bertz CT molecular complexity index is 581. The van der Waals surface area contributed by atoms with Crippen LogP contribution in [0.25, 0.3) is 0 Å². The number of hydrogen-bond acceptors (Lipinski definition) is 6. The molecule has 17 heavy (non-hydrogen) atoms. The Kier molecular flexibility index (Phi) is 2.68. The highest BCUT2D eigenvalue weighted by atomic mass is 32.2. The summed E-state index contributed by atoms with van der Waals surface area (Å²) >= 11 is 0. The van der Waals surface area contributed by atoms with Gasteiger partial charge in [-0.15, -0.1) is 0 Å². The largest absolute Gasteiger partial charge is 0.460 e. The molecule has 0 aromatic carbocycles. The molecule has 0 aliphatic heterocycles. The van der Waals surface area contributed by atoms with Crippen molar-refractivity contribution in [1.82, 2.24) is 0 Å². The van der Waals surface area contributed by atoms with Gasteiger partial charge in [-0.1, -0.05) is 0 Å². The van der Waals surface area contributed by atoms with Gasteiger partial charge in [-0.3, -0.25) is 9.59 Å². The fourth-order valence-electron chi connectivity index (χ4n) is 1.14. The highest BCUT2D eigenvalue weighted by Gasteiger charge is 2.36. The predicted octanol–water partition coefficient (Wildman–Crippen LogP) is 1.27. The topological polar surface area (TPSA) is 94.6 Å². The van der Waals surface area contributed by atoms with E-state index in [0.29, 0.717) is 0 Å². The summed E-state index contributed by atoms with van der Waals surface area (Å²) in [5, 5.41) is -2.77. The molecule has 7 heteroatoms. The Morgan fingerprint density at radius 1 is 0.882 bits per heavy atom. The summed E-state index contributed by atoms with van der Waals surface area (Å²) in [6.45, 7) is 0. The molecule has 0 N–H and O–H groups in total. The summed E-state index contributed by atoms with van der Waals surface area (Å²) in [6.07, 6.45) is 2.28. The molecule has 0 saturated heterocycles. The monoisotopic (exact) mass is 254 g/mol. The van der Waals surface area contributed by atoms with E-state index in [1.165, 1.54) is 12.1 Å². The lowest BCUT2D eigenvalue weighted by Crippen LogP contribution is -2.23. The van der Waals surface area contributed by atoms with Crippen molar-refractivity contribution in [1.29, 1.82) is 0 Å². The van der Waals surface area contributed by atoms with Gasteiger partial charge in [-0.2, -0.15) is 0 Å². The fraction of sp³-hybridized carbons (Fsp3) is 0. The third-order valence-corrected chi connectivity index (χ3v) is 3.31. The lowest BCUT2D eigenvalue weighted by atomic mass is 10.5. The van der Waals surface area contributed by atoms with Crippen molar-refractivity contribution in [2.75, 3.05) is 0 Å². The number of furan rings is 2. The molecule has 2 heterocycles. The summed E-state index contributed by atoms with van der Waals surface area (Å²) in [5.74, 6) is -0.824. The molecule has 0 aliphatic carbocycles. The van der Waals surface area contributed by atoms with Crippen molar-refractivity contribution < 1.29 is 26.8 Å². The Hall–Kier alpha value is -2.15. The van der Waals surface area contributed by atoms with Crippen LogP contribution in [0.5, 0.6) is 0 Å². The molecule has 0 bridgehead atoms. The first-order valence-corrected chi connectivity index (χ1v) is 5.92. The molecule has 6 nitrogen and oxygen atoms in total. The van der Waals surface area contributed by atoms with E-state index < -0.39 is 31.6 Å². The predicted molar refractivity (Wildman–Crippen MR) is 55.0 cm³/mol. The van der Waals surface area contributed by atoms with E-state index in [0.717, 1.165) is 24.7 Å². The molecule has 0 amide bonds. The minimum Gasteiger partial charge on any atom is -0.460 e. The van der Waals surface area contributed by atoms with Gasteiger partial charge in [0, 0.05) is 0 Å². The Labute approximate surface area is 95.8 Å². The molecule has 0 spiro atoms. The van der Waals surface area contributed by atoms with Crippen LogP contribution in [0.1, 0.15) is 21.1 Å². The van der Waals surface area contributed by atoms with Crippen molar-refractivity contribution in [3.05, 3.63) is 48.3 Å². The summed E-state index contributed by atoms with van der Waals surface area (Å²) in [5.41, 5.74) is 0. The quantitative estimate of drug-likeness (QED) is 0.800. The minimum absolute atomic E-state index is 0.412. The van der Waals surface area contributed by atoms with Gasteiger partial charge in [0.25, 0.3) is 9.84 Å². The molecule has 0 fully saturated rings. The second-order valence-electron chi connectivity index (χ2n) is 3.03. The number of rotatable bonds is 2. The highest BCUT2D eigenvalue weighted by molar-refractivity contribution is 8.19. The van der Waals surface area contributed by atoms with Gasteiger partial charge in [0.05, 0.1) is 12.5 Å². The van der Waals surface area contributed by atoms with Crippen LogP contribution in [-0.4, -0.2) is 18.6 Å². The fourth-order valence-corrected chi connectivity index (χ4v) is 2.07. The summed E-state index contributed by atoms with van der Waals surface area (Å²) in [4.78, 5) is 23.0. The van der Waals surface area contributed by atoms with E-state index in [1.54, 1.807) is 0 Å². The molecule has 0 radical (unpaired) electrons. The maximum absolute atomic E-state index is 11.6. The average Bonchev–Trinajstić information content (AvgIpc) is 2.99. The molecular weight excluding hydrogens is 248 g/mol. The van der Waals surface area contributed by atoms with E-state index in [9.17, 15) is 18.0 Å². The molecule has 0 atom stereocenters. The first kappa shape index (κ1) is 11.3. The zero-order chi connectivity index (χ0) is 12.5. The van der Waals surface area contributed by atoms with E-state index in [1.807, 2.05) is 0 Å². The van der Waals surface area contributed by atoms with Crippen LogP contribution in [0.2, 0.25) is 0 Å². The Morgan fingerprint density at radius 3 is 1.59 bits per heavy atom. The van der Waals surface area contributed by atoms with Crippen LogP contribution >= 0.6 is 0 Å². The molecule has 2 aromatic heterocycles. The molecule has 0 aliphatic rings. The zero-order valence-electron chi connectivity index (χ0n) is 8.32. The van der Waals surface area contributed by atoms with Crippen LogP contribution in [0, 0.1) is 0 Å². The van der Waals surface area contributed by atoms with Crippen LogP contribution < -0.4 is 0 Å². The normalized spacial score (nSPS) is 11.3. The molecule has 0 unspecified atom stereocenters. The van der Waals surface area contributed by atoms with Crippen LogP contribution in [0.15, 0.2) is 45.6 Å². The first-order valence-electron chi connectivity index (χ1n) is 4.44. The van der Waals surface area contributed by atoms with Gasteiger partial charge in [-0.25, -0.2) is 8.42 Å². The zero-order valence-corrected chi connectivity index (χ0v) is 9.14. The van der Waals surface area contributed by atoms with Crippen molar-refractivity contribution >= 4 is 20.1 Å². The average molecular weight is 254 g/mol. The van der Waals surface area contributed by atoms with E-state index in [2.05, 4.69) is 8.83 Å². The molecule has 2 rings (SSSR count). The van der Waals surface area contributed by atoms with Crippen LogP contribution in [-0.2, 0) is 9.84 Å². The third kappa shape index (κ3) is 1.92. The molecular formula is C10H6O6S. The smallest absolute Gasteiger partial charge is 0.319 e. The van der Waals surface area contributed by atoms with E-state index in [-0.39, 0.29) is 0 Å². The van der Waals surface area contributed by atoms with Gasteiger partial charge in [0.2, 0.25) is 0 Å². The first-order chi connectivity index (χ1) is 8.03. The second-order valence-corrected chi connectivity index (χ2v) is 4.78. The number of hydrogen-bond donors (Lipinski definition) is 0. The molecule has 0 saturated carbocycles. The SMILES string of the molecule is O=C(c1ccco1)S(=O)(=O)C(=O)c1ccco1. The van der Waals surface area contributed by atoms with E-state index in [4.69, 9.17) is 0 Å². The Morgan fingerprint density at radius 2 is 1.29 bits per heavy atom. The number of carbonyl (C=O) groups is 2. The molecule has 88 valence electrons. The van der Waals surface area contributed by atoms with Crippen molar-refractivity contribution in [3.8, 4) is 0 Å². The number of carbonyl (C=O) groups excluding carboxylic acids is 2. The van der Waals surface area contributed by atoms with Crippen molar-refractivity contribution in [2.45, 2.75) is 0 Å². The molecule has 2 aromatic rings. The van der Waals surface area contributed by atoms with Crippen molar-refractivity contribution in [3.63, 3.8) is 0 Å². The van der Waals surface area contributed by atoms with Gasteiger partial charge in [-0.05, 0) is 24.3 Å². The summed E-state index contributed by atoms with van der Waals surface area (Å²) < 4.78 is 32.5. The van der Waals surface area contributed by atoms with Gasteiger partial charge >= 0.3 is 10.2 Å². The summed E-state index contributed by atoms with van der Waals surface area (Å²) in [7, 11) is -4.65. The Balaban J connectivity index is 2.38. The second kappa shape index (κ2) is 4.02. The van der Waals surface area contributed by atoms with Crippen LogP contribution in [0.3, 0.4) is 0 Å². The third-order valence-electron chi connectivity index (χ3n) is 1.93. The maximum Gasteiger partial charge on any atom is 0.319 e. The van der Waals surface area contributed by atoms with Gasteiger partial charge in [0.1, 0.15) is 0 Å². The maximum atomic E-state index is 11.6. The minimum atomic E-state index is -4.65. The summed E-state index contributed by atoms with van der Waals surface area (Å²) in [6, 6.07) is 5.02. The standard InChI is InChI=1S/C10H6O6S/c11-9(7-3-1-5-15-7)17(13,14)10(12)8-4-2-6-16-8/h1-6H. The van der Waals surface area contributed by atoms with E-state index >= 15 is 0 Å². The highest BCUT2D eigenvalue weighted by Crippen LogP contribution is 2.13. The van der Waals surface area contributed by atoms with Crippen molar-refractivity contribution in [2.24, 2.45) is 0 Å².